The highest BCUT2D eigenvalue weighted by atomic mass is 16.3. The molecule has 136 valence electrons. The van der Waals surface area contributed by atoms with Crippen molar-refractivity contribution in [2.24, 2.45) is 4.99 Å². The number of hydrogen-bond donors (Lipinski definition) is 1. The van der Waals surface area contributed by atoms with Gasteiger partial charge in [0.1, 0.15) is 11.6 Å². The minimum Gasteiger partial charge on any atom is -0.494 e. The number of unbranched alkanes of at least 4 members (excludes halogenated alkanes) is 1. The van der Waals surface area contributed by atoms with E-state index in [0.29, 0.717) is 17.7 Å². The third kappa shape index (κ3) is 3.61. The van der Waals surface area contributed by atoms with E-state index in [0.717, 1.165) is 29.3 Å². The zero-order valence-electron chi connectivity index (χ0n) is 15.4. The zero-order chi connectivity index (χ0) is 19.4. The summed E-state index contributed by atoms with van der Waals surface area (Å²) in [4.78, 5) is 16.9. The van der Waals surface area contributed by atoms with Crippen molar-refractivity contribution in [3.05, 3.63) is 69.5 Å². The summed E-state index contributed by atoms with van der Waals surface area (Å²) in [6.07, 6.45) is 3.14. The highest BCUT2D eigenvalue weighted by molar-refractivity contribution is 5.90. The molecule has 27 heavy (non-hydrogen) atoms. The molecule has 2 aromatic carbocycles. The van der Waals surface area contributed by atoms with Crippen molar-refractivity contribution in [1.82, 2.24) is 4.57 Å². The van der Waals surface area contributed by atoms with E-state index in [1.54, 1.807) is 6.92 Å². The number of aromatic nitrogens is 1. The van der Waals surface area contributed by atoms with E-state index >= 15 is 0 Å². The van der Waals surface area contributed by atoms with Crippen molar-refractivity contribution in [3.8, 4) is 11.9 Å². The first kappa shape index (κ1) is 18.4. The SMILES string of the molecule is CCCCn1c(O)c(C=Nc2ccc3ccccc3c2)c(C)c(C#N)c1=O. The van der Waals surface area contributed by atoms with Gasteiger partial charge in [-0.25, -0.2) is 0 Å². The molecule has 0 amide bonds. The Kier molecular flexibility index (Phi) is 5.37. The van der Waals surface area contributed by atoms with Crippen molar-refractivity contribution in [3.63, 3.8) is 0 Å². The second-order valence-electron chi connectivity index (χ2n) is 6.45. The van der Waals surface area contributed by atoms with Gasteiger partial charge in [0.25, 0.3) is 5.56 Å². The van der Waals surface area contributed by atoms with Gasteiger partial charge in [0.2, 0.25) is 5.88 Å². The maximum absolute atomic E-state index is 12.5. The van der Waals surface area contributed by atoms with Gasteiger partial charge in [-0.15, -0.1) is 0 Å². The van der Waals surface area contributed by atoms with Gasteiger partial charge in [-0.2, -0.15) is 5.26 Å². The molecule has 0 atom stereocenters. The molecule has 0 radical (unpaired) electrons. The molecule has 0 saturated carbocycles. The van der Waals surface area contributed by atoms with Gasteiger partial charge in [0, 0.05) is 12.8 Å². The number of aromatic hydroxyl groups is 1. The maximum atomic E-state index is 12.5. The molecule has 0 aliphatic heterocycles. The van der Waals surface area contributed by atoms with Crippen LogP contribution < -0.4 is 5.56 Å². The molecule has 0 bridgehead atoms. The van der Waals surface area contributed by atoms with Crippen molar-refractivity contribution >= 4 is 22.7 Å². The fraction of sp³-hybridized carbons (Fsp3) is 0.227. The van der Waals surface area contributed by atoms with E-state index in [1.165, 1.54) is 10.8 Å². The minimum absolute atomic E-state index is 0.0452. The van der Waals surface area contributed by atoms with Gasteiger partial charge in [-0.1, -0.05) is 43.7 Å². The van der Waals surface area contributed by atoms with E-state index in [1.807, 2.05) is 55.5 Å². The monoisotopic (exact) mass is 359 g/mol. The van der Waals surface area contributed by atoms with Crippen LogP contribution in [0.4, 0.5) is 5.69 Å². The van der Waals surface area contributed by atoms with E-state index in [2.05, 4.69) is 4.99 Å². The Balaban J connectivity index is 2.08. The van der Waals surface area contributed by atoms with E-state index in [4.69, 9.17) is 0 Å². The Morgan fingerprint density at radius 1 is 1.22 bits per heavy atom. The standard InChI is InChI=1S/C22H21N3O2/c1-3-4-11-25-21(26)19(13-23)15(2)20(22(25)27)14-24-18-10-9-16-7-5-6-8-17(16)12-18/h5-10,12,14,27H,3-4,11H2,1-2H3. The van der Waals surface area contributed by atoms with Crippen LogP contribution in [0.2, 0.25) is 0 Å². The van der Waals surface area contributed by atoms with Crippen LogP contribution in [0.5, 0.6) is 5.88 Å². The second-order valence-corrected chi connectivity index (χ2v) is 6.45. The summed E-state index contributed by atoms with van der Waals surface area (Å²) >= 11 is 0. The smallest absolute Gasteiger partial charge is 0.271 e. The van der Waals surface area contributed by atoms with Crippen LogP contribution in [0.1, 0.15) is 36.5 Å². The van der Waals surface area contributed by atoms with Crippen molar-refractivity contribution < 1.29 is 5.11 Å². The van der Waals surface area contributed by atoms with E-state index in [-0.39, 0.29) is 11.4 Å². The molecule has 3 rings (SSSR count). The van der Waals surface area contributed by atoms with E-state index < -0.39 is 5.56 Å². The summed E-state index contributed by atoms with van der Waals surface area (Å²) < 4.78 is 1.26. The lowest BCUT2D eigenvalue weighted by molar-refractivity contribution is 0.400. The molecule has 1 aromatic heterocycles. The molecule has 3 aromatic rings. The number of nitrogens with zero attached hydrogens (tertiary/aromatic N) is 3. The molecule has 0 fully saturated rings. The normalized spacial score (nSPS) is 11.1. The fourth-order valence-corrected chi connectivity index (χ4v) is 3.05. The van der Waals surface area contributed by atoms with Crippen LogP contribution in [0, 0.1) is 18.3 Å². The van der Waals surface area contributed by atoms with Crippen LogP contribution in [0.25, 0.3) is 10.8 Å². The van der Waals surface area contributed by atoms with Crippen molar-refractivity contribution in [2.75, 3.05) is 0 Å². The van der Waals surface area contributed by atoms with Crippen LogP contribution >= 0.6 is 0 Å². The maximum Gasteiger partial charge on any atom is 0.271 e. The molecule has 5 nitrogen and oxygen atoms in total. The molecule has 0 aliphatic carbocycles. The summed E-state index contributed by atoms with van der Waals surface area (Å²) in [6, 6.07) is 15.8. The molecular weight excluding hydrogens is 338 g/mol. The molecular formula is C22H21N3O2. The lowest BCUT2D eigenvalue weighted by Crippen LogP contribution is -2.25. The largest absolute Gasteiger partial charge is 0.494 e. The predicted octanol–water partition coefficient (Wildman–Crippen LogP) is 4.44. The van der Waals surface area contributed by atoms with Gasteiger partial charge in [-0.05, 0) is 41.8 Å². The number of pyridine rings is 1. The number of nitriles is 1. The Hall–Kier alpha value is -3.39. The summed E-state index contributed by atoms with van der Waals surface area (Å²) in [6.45, 7) is 4.03. The third-order valence-corrected chi connectivity index (χ3v) is 4.66. The first-order valence-electron chi connectivity index (χ1n) is 8.96. The molecule has 0 aliphatic rings. The summed E-state index contributed by atoms with van der Waals surface area (Å²) in [7, 11) is 0. The van der Waals surface area contributed by atoms with Crippen molar-refractivity contribution in [1.29, 1.82) is 5.26 Å². The average molecular weight is 359 g/mol. The topological polar surface area (TPSA) is 78.4 Å². The molecule has 0 spiro atoms. The van der Waals surface area contributed by atoms with Crippen LogP contribution in [0.3, 0.4) is 0 Å². The lowest BCUT2D eigenvalue weighted by Gasteiger charge is -2.13. The zero-order valence-corrected chi connectivity index (χ0v) is 15.4. The molecule has 5 heteroatoms. The number of fused-ring (bicyclic) bond motifs is 1. The number of rotatable bonds is 5. The first-order chi connectivity index (χ1) is 13.1. The molecule has 0 unspecified atom stereocenters. The Morgan fingerprint density at radius 3 is 2.67 bits per heavy atom. The van der Waals surface area contributed by atoms with Crippen molar-refractivity contribution in [2.45, 2.75) is 33.2 Å². The highest BCUT2D eigenvalue weighted by Gasteiger charge is 2.17. The van der Waals surface area contributed by atoms with E-state index in [9.17, 15) is 15.2 Å². The van der Waals surface area contributed by atoms with Gasteiger partial charge in [0.15, 0.2) is 0 Å². The lowest BCUT2D eigenvalue weighted by atomic mass is 10.1. The van der Waals surface area contributed by atoms with Crippen LogP contribution in [0.15, 0.2) is 52.3 Å². The Bertz CT molecular complexity index is 1120. The van der Waals surface area contributed by atoms with Gasteiger partial charge in [-0.3, -0.25) is 14.4 Å². The molecule has 0 saturated heterocycles. The van der Waals surface area contributed by atoms with Gasteiger partial charge in [0.05, 0.1) is 11.3 Å². The minimum atomic E-state index is -0.455. The number of hydrogen-bond acceptors (Lipinski definition) is 4. The highest BCUT2D eigenvalue weighted by Crippen LogP contribution is 2.24. The first-order valence-corrected chi connectivity index (χ1v) is 8.96. The summed E-state index contributed by atoms with van der Waals surface area (Å²) in [5.41, 5.74) is 1.16. The summed E-state index contributed by atoms with van der Waals surface area (Å²) in [5, 5.41) is 22.2. The Labute approximate surface area is 157 Å². The fourth-order valence-electron chi connectivity index (χ4n) is 3.05. The second kappa shape index (κ2) is 7.88. The quantitative estimate of drug-likeness (QED) is 0.684. The number of aliphatic imine (C=N–C) groups is 1. The summed E-state index contributed by atoms with van der Waals surface area (Å²) in [5.74, 6) is -0.144. The third-order valence-electron chi connectivity index (χ3n) is 4.66. The molecule has 1 heterocycles. The average Bonchev–Trinajstić information content (AvgIpc) is 2.68. The Morgan fingerprint density at radius 2 is 1.96 bits per heavy atom. The van der Waals surface area contributed by atoms with Gasteiger partial charge < -0.3 is 5.11 Å². The van der Waals surface area contributed by atoms with Gasteiger partial charge >= 0.3 is 0 Å². The number of benzene rings is 2. The van der Waals surface area contributed by atoms with Crippen LogP contribution in [-0.4, -0.2) is 15.9 Å². The molecule has 1 N–H and O–H groups in total. The predicted molar refractivity (Wildman–Crippen MR) is 108 cm³/mol. The van der Waals surface area contributed by atoms with Crippen LogP contribution in [-0.2, 0) is 6.54 Å².